The first-order valence-electron chi connectivity index (χ1n) is 10.9. The van der Waals surface area contributed by atoms with Crippen LogP contribution in [0.3, 0.4) is 0 Å². The van der Waals surface area contributed by atoms with Gasteiger partial charge in [0.2, 0.25) is 0 Å². The predicted octanol–water partition coefficient (Wildman–Crippen LogP) is 5.15. The van der Waals surface area contributed by atoms with Crippen molar-refractivity contribution in [2.75, 3.05) is 12.8 Å². The van der Waals surface area contributed by atoms with Crippen molar-refractivity contribution < 1.29 is 23.1 Å². The third-order valence-electron chi connectivity index (χ3n) is 5.48. The Morgan fingerprint density at radius 2 is 1.63 bits per heavy atom. The van der Waals surface area contributed by atoms with Crippen LogP contribution in [0, 0.1) is 0 Å². The number of hydrogen-bond acceptors (Lipinski definition) is 5. The molecule has 1 amide bonds. The van der Waals surface area contributed by atoms with Crippen molar-refractivity contribution in [1.82, 2.24) is 4.90 Å². The number of amides is 1. The van der Waals surface area contributed by atoms with E-state index in [9.17, 15) is 23.1 Å². The first-order chi connectivity index (χ1) is 16.5. The molecular formula is C26H25BrClNO5S. The van der Waals surface area contributed by atoms with E-state index in [0.717, 1.165) is 10.7 Å². The van der Waals surface area contributed by atoms with Crippen molar-refractivity contribution >= 4 is 49.1 Å². The Hall–Kier alpha value is -2.52. The van der Waals surface area contributed by atoms with Gasteiger partial charge in [-0.05, 0) is 66.6 Å². The Labute approximate surface area is 218 Å². The molecule has 9 heteroatoms. The summed E-state index contributed by atoms with van der Waals surface area (Å²) in [5, 5.41) is 10.6. The maximum atomic E-state index is 13.7. The lowest BCUT2D eigenvalue weighted by atomic mass is 9.97. The fourth-order valence-electron chi connectivity index (χ4n) is 3.48. The standard InChI is InChI=1S/C26H25BrClNO5S/c1-3-21(30)16-29(15-17-4-11-22(12-5-17)35(2,33)34)26(32)23-13-10-20(28)14-24(23)25(31)18-6-8-19(27)9-7-18/h4-14,21,30H,3,15-16H2,1-2H3. The number of nitrogens with zero attached hydrogens (tertiary/aromatic N) is 1. The molecule has 6 nitrogen and oxygen atoms in total. The number of carbonyl (C=O) groups is 2. The highest BCUT2D eigenvalue weighted by molar-refractivity contribution is 9.10. The summed E-state index contributed by atoms with van der Waals surface area (Å²) in [4.78, 5) is 28.6. The zero-order valence-electron chi connectivity index (χ0n) is 19.2. The Morgan fingerprint density at radius 3 is 2.20 bits per heavy atom. The van der Waals surface area contributed by atoms with Gasteiger partial charge in [0.25, 0.3) is 5.91 Å². The van der Waals surface area contributed by atoms with Crippen LogP contribution in [0.25, 0.3) is 0 Å². The Balaban J connectivity index is 1.98. The Bertz CT molecular complexity index is 1320. The van der Waals surface area contributed by atoms with Crippen molar-refractivity contribution in [3.63, 3.8) is 0 Å². The van der Waals surface area contributed by atoms with E-state index in [4.69, 9.17) is 11.6 Å². The number of rotatable bonds is 9. The summed E-state index contributed by atoms with van der Waals surface area (Å²) in [5.74, 6) is -0.793. The minimum Gasteiger partial charge on any atom is -0.391 e. The average Bonchev–Trinajstić information content (AvgIpc) is 2.83. The molecule has 0 heterocycles. The van der Waals surface area contributed by atoms with Gasteiger partial charge in [0, 0.05) is 40.0 Å². The molecule has 0 spiro atoms. The van der Waals surface area contributed by atoms with E-state index in [2.05, 4.69) is 15.9 Å². The van der Waals surface area contributed by atoms with E-state index in [1.807, 2.05) is 0 Å². The first kappa shape index (κ1) is 27.1. The lowest BCUT2D eigenvalue weighted by molar-refractivity contribution is 0.0596. The number of halogens is 2. The summed E-state index contributed by atoms with van der Waals surface area (Å²) in [6, 6.07) is 17.5. The van der Waals surface area contributed by atoms with E-state index in [0.29, 0.717) is 22.6 Å². The average molecular weight is 579 g/mol. The quantitative estimate of drug-likeness (QED) is 0.355. The second-order valence-corrected chi connectivity index (χ2v) is 11.6. The maximum absolute atomic E-state index is 13.7. The first-order valence-corrected chi connectivity index (χ1v) is 13.9. The smallest absolute Gasteiger partial charge is 0.254 e. The largest absolute Gasteiger partial charge is 0.391 e. The van der Waals surface area contributed by atoms with Gasteiger partial charge in [0.05, 0.1) is 16.6 Å². The lowest BCUT2D eigenvalue weighted by Crippen LogP contribution is -2.37. The number of aliphatic hydroxyl groups excluding tert-OH is 1. The zero-order valence-corrected chi connectivity index (χ0v) is 22.4. The number of ketones is 1. The van der Waals surface area contributed by atoms with Gasteiger partial charge in [0.15, 0.2) is 15.6 Å². The zero-order chi connectivity index (χ0) is 25.8. The third-order valence-corrected chi connectivity index (χ3v) is 7.37. The van der Waals surface area contributed by atoms with Crippen LogP contribution in [-0.2, 0) is 16.4 Å². The Morgan fingerprint density at radius 1 is 1.00 bits per heavy atom. The molecule has 1 atom stereocenters. The summed E-state index contributed by atoms with van der Waals surface area (Å²) in [6.45, 7) is 1.96. The van der Waals surface area contributed by atoms with Gasteiger partial charge in [-0.1, -0.05) is 46.6 Å². The topological polar surface area (TPSA) is 91.8 Å². The van der Waals surface area contributed by atoms with Gasteiger partial charge in [-0.3, -0.25) is 9.59 Å². The fraction of sp³-hybridized carbons (Fsp3) is 0.231. The minimum absolute atomic E-state index is 0.0394. The molecule has 0 aliphatic heterocycles. The molecule has 0 saturated carbocycles. The maximum Gasteiger partial charge on any atom is 0.254 e. The SMILES string of the molecule is CCC(O)CN(Cc1ccc(S(C)(=O)=O)cc1)C(=O)c1ccc(Cl)cc1C(=O)c1ccc(Br)cc1. The van der Waals surface area contributed by atoms with Gasteiger partial charge in [0.1, 0.15) is 0 Å². The molecule has 1 unspecified atom stereocenters. The van der Waals surface area contributed by atoms with Crippen LogP contribution >= 0.6 is 27.5 Å². The summed E-state index contributed by atoms with van der Waals surface area (Å²) in [5.41, 5.74) is 1.41. The van der Waals surface area contributed by atoms with E-state index in [1.54, 1.807) is 49.4 Å². The number of aliphatic hydroxyl groups is 1. The van der Waals surface area contributed by atoms with Crippen molar-refractivity contribution in [1.29, 1.82) is 0 Å². The molecule has 184 valence electrons. The number of carbonyl (C=O) groups excluding carboxylic acids is 2. The molecule has 0 saturated heterocycles. The summed E-state index contributed by atoms with van der Waals surface area (Å²) < 4.78 is 24.3. The number of sulfone groups is 1. The normalized spacial score (nSPS) is 12.3. The second-order valence-electron chi connectivity index (χ2n) is 8.19. The minimum atomic E-state index is -3.35. The molecule has 0 aliphatic rings. The van der Waals surface area contributed by atoms with Crippen LogP contribution in [0.1, 0.15) is 45.2 Å². The van der Waals surface area contributed by atoms with Crippen LogP contribution in [0.5, 0.6) is 0 Å². The third kappa shape index (κ3) is 7.01. The molecule has 3 aromatic carbocycles. The molecule has 0 bridgehead atoms. The van der Waals surface area contributed by atoms with Crippen molar-refractivity contribution in [3.8, 4) is 0 Å². The second kappa shape index (κ2) is 11.5. The highest BCUT2D eigenvalue weighted by atomic mass is 79.9. The number of hydrogen-bond donors (Lipinski definition) is 1. The van der Waals surface area contributed by atoms with Gasteiger partial charge in [-0.25, -0.2) is 8.42 Å². The lowest BCUT2D eigenvalue weighted by Gasteiger charge is -2.26. The van der Waals surface area contributed by atoms with Crippen LogP contribution in [-0.4, -0.2) is 49.0 Å². The monoisotopic (exact) mass is 577 g/mol. The summed E-state index contributed by atoms with van der Waals surface area (Å²) >= 11 is 9.52. The molecule has 0 radical (unpaired) electrons. The van der Waals surface area contributed by atoms with Crippen LogP contribution in [0.2, 0.25) is 5.02 Å². The molecule has 0 aliphatic carbocycles. The van der Waals surface area contributed by atoms with Crippen molar-refractivity contribution in [3.05, 3.63) is 98.5 Å². The predicted molar refractivity (Wildman–Crippen MR) is 140 cm³/mol. The van der Waals surface area contributed by atoms with Gasteiger partial charge >= 0.3 is 0 Å². The summed E-state index contributed by atoms with van der Waals surface area (Å²) in [7, 11) is -3.35. The van der Waals surface area contributed by atoms with Crippen molar-refractivity contribution in [2.24, 2.45) is 0 Å². The van der Waals surface area contributed by atoms with Gasteiger partial charge in [-0.2, -0.15) is 0 Å². The summed E-state index contributed by atoms with van der Waals surface area (Å²) in [6.07, 6.45) is 0.786. The van der Waals surface area contributed by atoms with E-state index in [-0.39, 0.29) is 34.9 Å². The fourth-order valence-corrected chi connectivity index (χ4v) is 4.55. The molecule has 0 aromatic heterocycles. The van der Waals surface area contributed by atoms with Crippen LogP contribution < -0.4 is 0 Å². The molecule has 35 heavy (non-hydrogen) atoms. The highest BCUT2D eigenvalue weighted by Gasteiger charge is 2.25. The molecule has 3 aromatic rings. The van der Waals surface area contributed by atoms with Gasteiger partial charge in [-0.15, -0.1) is 0 Å². The van der Waals surface area contributed by atoms with Crippen LogP contribution in [0.4, 0.5) is 0 Å². The molecule has 3 rings (SSSR count). The number of benzene rings is 3. The van der Waals surface area contributed by atoms with Crippen LogP contribution in [0.15, 0.2) is 76.1 Å². The molecule has 0 fully saturated rings. The van der Waals surface area contributed by atoms with E-state index >= 15 is 0 Å². The van der Waals surface area contributed by atoms with Gasteiger partial charge < -0.3 is 10.0 Å². The highest BCUT2D eigenvalue weighted by Crippen LogP contribution is 2.23. The molecular weight excluding hydrogens is 554 g/mol. The van der Waals surface area contributed by atoms with E-state index in [1.165, 1.54) is 29.2 Å². The van der Waals surface area contributed by atoms with E-state index < -0.39 is 21.8 Å². The Kier molecular flexibility index (Phi) is 8.88. The molecule has 1 N–H and O–H groups in total. The van der Waals surface area contributed by atoms with Crippen molar-refractivity contribution in [2.45, 2.75) is 30.9 Å².